The zero-order valence-corrected chi connectivity index (χ0v) is 21.4. The van der Waals surface area contributed by atoms with Gasteiger partial charge >= 0.3 is 0 Å². The van der Waals surface area contributed by atoms with E-state index in [2.05, 4.69) is 57.7 Å². The standard InChI is InChI=1S/C24H27N3O2.C5H9NO/c1-4-28-19-12-13-20-21(14-19)27(18-6-5-7-18)24(23(20)22-15-29-26(22)3)16-8-10-17(25-2)11-9-16;7-4-6-5-2-1-3-5/h8-15,18,25H,4-7H2,1-3H3;4-5H,1-3H2,(H,6,7). The molecule has 2 aromatic carbocycles. The Morgan fingerprint density at radius 1 is 1.08 bits per heavy atom. The maximum atomic E-state index is 9.70. The first-order valence-corrected chi connectivity index (χ1v) is 13.0. The highest BCUT2D eigenvalue weighted by Gasteiger charge is 2.30. The largest absolute Gasteiger partial charge is 0.494 e. The quantitative estimate of drug-likeness (QED) is 0.283. The zero-order chi connectivity index (χ0) is 25.1. The Kier molecular flexibility index (Phi) is 7.07. The van der Waals surface area contributed by atoms with Crippen LogP contribution in [0.3, 0.4) is 0 Å². The summed E-state index contributed by atoms with van der Waals surface area (Å²) < 4.78 is 15.7. The third kappa shape index (κ3) is 4.50. The van der Waals surface area contributed by atoms with Crippen molar-refractivity contribution in [3.05, 3.63) is 48.7 Å². The van der Waals surface area contributed by atoms with E-state index in [0.717, 1.165) is 23.5 Å². The van der Waals surface area contributed by atoms with Crippen molar-refractivity contribution in [3.8, 4) is 28.3 Å². The number of nitrogens with one attached hydrogen (secondary N) is 2. The molecular weight excluding hydrogens is 452 g/mol. The smallest absolute Gasteiger partial charge is 0.207 e. The number of carbonyl (C=O) groups is 1. The number of fused-ring (bicyclic) bond motifs is 1. The molecule has 2 aliphatic carbocycles. The van der Waals surface area contributed by atoms with Crippen LogP contribution in [-0.4, -0.2) is 35.4 Å². The number of anilines is 1. The summed E-state index contributed by atoms with van der Waals surface area (Å²) >= 11 is 0. The number of carbonyl (C=O) groups excluding carboxylic acids is 1. The third-order valence-corrected chi connectivity index (χ3v) is 7.50. The lowest BCUT2D eigenvalue weighted by atomic mass is 9.92. The summed E-state index contributed by atoms with van der Waals surface area (Å²) in [6.07, 6.45) is 9.99. The molecule has 6 rings (SSSR count). The molecule has 2 aromatic heterocycles. The van der Waals surface area contributed by atoms with E-state index in [1.165, 1.54) is 66.2 Å². The molecule has 0 atom stereocenters. The first-order valence-electron chi connectivity index (χ1n) is 13.0. The first kappa shape index (κ1) is 24.1. The van der Waals surface area contributed by atoms with Gasteiger partial charge in [0.05, 0.1) is 17.8 Å². The molecule has 0 radical (unpaired) electrons. The average molecular weight is 489 g/mol. The van der Waals surface area contributed by atoms with Gasteiger partial charge in [-0.3, -0.25) is 4.79 Å². The van der Waals surface area contributed by atoms with Gasteiger partial charge in [-0.15, -0.1) is 0 Å². The normalized spacial score (nSPS) is 15.5. The molecule has 2 heterocycles. The number of ether oxygens (including phenoxy) is 1. The van der Waals surface area contributed by atoms with Crippen molar-refractivity contribution in [2.75, 3.05) is 19.0 Å². The number of benzene rings is 2. The monoisotopic (exact) mass is 488 g/mol. The van der Waals surface area contributed by atoms with E-state index in [1.807, 2.05) is 32.0 Å². The lowest BCUT2D eigenvalue weighted by Gasteiger charge is -2.30. The fraction of sp³-hybridized carbons (Fsp3) is 0.414. The predicted molar refractivity (Wildman–Crippen MR) is 144 cm³/mol. The van der Waals surface area contributed by atoms with Crippen LogP contribution < -0.4 is 15.4 Å². The van der Waals surface area contributed by atoms with Gasteiger partial charge in [0.25, 0.3) is 0 Å². The van der Waals surface area contributed by atoms with E-state index >= 15 is 0 Å². The van der Waals surface area contributed by atoms with E-state index in [4.69, 9.17) is 9.26 Å². The summed E-state index contributed by atoms with van der Waals surface area (Å²) in [5.74, 6) is 0.925. The Morgan fingerprint density at radius 2 is 1.83 bits per heavy atom. The van der Waals surface area contributed by atoms with Crippen molar-refractivity contribution in [3.63, 3.8) is 0 Å². The van der Waals surface area contributed by atoms with Gasteiger partial charge in [0, 0.05) is 48.9 Å². The van der Waals surface area contributed by atoms with Crippen molar-refractivity contribution in [1.82, 2.24) is 14.6 Å². The molecule has 7 heteroatoms. The summed E-state index contributed by atoms with van der Waals surface area (Å²) in [6.45, 7) is 2.70. The molecule has 36 heavy (non-hydrogen) atoms. The van der Waals surface area contributed by atoms with Crippen molar-refractivity contribution in [2.45, 2.75) is 57.5 Å². The summed E-state index contributed by atoms with van der Waals surface area (Å²) in [7, 11) is 3.91. The first-order chi connectivity index (χ1) is 17.6. The molecule has 0 bridgehead atoms. The molecule has 1 amide bonds. The number of aromatic nitrogens is 2. The Labute approximate surface area is 212 Å². The molecule has 2 aliphatic rings. The number of rotatable bonds is 8. The van der Waals surface area contributed by atoms with Crippen molar-refractivity contribution in [1.29, 1.82) is 0 Å². The van der Waals surface area contributed by atoms with Gasteiger partial charge < -0.3 is 24.5 Å². The lowest BCUT2D eigenvalue weighted by Crippen LogP contribution is -2.33. The highest BCUT2D eigenvalue weighted by atomic mass is 16.5. The molecule has 2 saturated carbocycles. The molecule has 4 aromatic rings. The van der Waals surface area contributed by atoms with E-state index < -0.39 is 0 Å². The minimum absolute atomic E-state index is 0.512. The second-order valence-electron chi connectivity index (χ2n) is 9.64. The predicted octanol–water partition coefficient (Wildman–Crippen LogP) is 6.36. The Hall–Kier alpha value is -3.61. The van der Waals surface area contributed by atoms with Crippen LogP contribution in [0.15, 0.2) is 53.3 Å². The maximum Gasteiger partial charge on any atom is 0.207 e. The number of hydrogen-bond acceptors (Lipinski definition) is 4. The van der Waals surface area contributed by atoms with Gasteiger partial charge in [-0.2, -0.15) is 0 Å². The van der Waals surface area contributed by atoms with Gasteiger partial charge in [-0.1, -0.05) is 12.1 Å². The van der Waals surface area contributed by atoms with E-state index in [-0.39, 0.29) is 0 Å². The van der Waals surface area contributed by atoms with Crippen LogP contribution in [0.2, 0.25) is 0 Å². The molecule has 2 N–H and O–H groups in total. The number of amides is 1. The number of hydrogen-bond donors (Lipinski definition) is 2. The van der Waals surface area contributed by atoms with Gasteiger partial charge in [0.1, 0.15) is 17.7 Å². The van der Waals surface area contributed by atoms with Gasteiger partial charge in [-0.05, 0) is 75.3 Å². The summed E-state index contributed by atoms with van der Waals surface area (Å²) in [6, 6.07) is 16.2. The topological polar surface area (TPSA) is 73.4 Å². The van der Waals surface area contributed by atoms with Crippen LogP contribution in [0.5, 0.6) is 5.75 Å². The van der Waals surface area contributed by atoms with Gasteiger partial charge in [-0.25, -0.2) is 4.74 Å². The molecule has 2 fully saturated rings. The molecule has 0 unspecified atom stereocenters. The van der Waals surface area contributed by atoms with Crippen LogP contribution in [0.1, 0.15) is 51.5 Å². The van der Waals surface area contributed by atoms with Crippen molar-refractivity contribution >= 4 is 23.0 Å². The van der Waals surface area contributed by atoms with Crippen molar-refractivity contribution in [2.24, 2.45) is 7.05 Å². The SMILES string of the molecule is CCOc1ccc2c(-c3con3C)c(-c3ccc(NC)cc3)n(C3CCC3)c2c1.O=CNC1CCC1. The minimum Gasteiger partial charge on any atom is -0.494 e. The maximum absolute atomic E-state index is 9.70. The molecule has 0 spiro atoms. The second kappa shape index (κ2) is 10.6. The highest BCUT2D eigenvalue weighted by molar-refractivity contribution is 6.04. The van der Waals surface area contributed by atoms with E-state index in [0.29, 0.717) is 18.7 Å². The third-order valence-electron chi connectivity index (χ3n) is 7.50. The highest BCUT2D eigenvalue weighted by Crippen LogP contribution is 2.47. The average Bonchev–Trinajstić information content (AvgIpc) is 3.13. The molecule has 190 valence electrons. The van der Waals surface area contributed by atoms with E-state index in [1.54, 1.807) is 0 Å². The van der Waals surface area contributed by atoms with Crippen LogP contribution in [0.4, 0.5) is 5.69 Å². The summed E-state index contributed by atoms with van der Waals surface area (Å²) in [5, 5.41) is 7.16. The Morgan fingerprint density at radius 3 is 2.31 bits per heavy atom. The van der Waals surface area contributed by atoms with Crippen LogP contribution >= 0.6 is 0 Å². The minimum atomic E-state index is 0.512. The zero-order valence-electron chi connectivity index (χ0n) is 21.4. The molecular formula is C29H36N4O3. The van der Waals surface area contributed by atoms with Crippen LogP contribution in [0, 0.1) is 0 Å². The fourth-order valence-electron chi connectivity index (χ4n) is 5.01. The number of aryl methyl sites for hydroxylation is 1. The summed E-state index contributed by atoms with van der Waals surface area (Å²) in [4.78, 5) is 9.70. The molecule has 0 saturated heterocycles. The fourth-order valence-corrected chi connectivity index (χ4v) is 5.01. The summed E-state index contributed by atoms with van der Waals surface area (Å²) in [5.41, 5.74) is 7.20. The second-order valence-corrected chi connectivity index (χ2v) is 9.64. The van der Waals surface area contributed by atoms with Crippen molar-refractivity contribution < 1.29 is 14.1 Å². The van der Waals surface area contributed by atoms with E-state index in [9.17, 15) is 4.79 Å². The molecule has 7 nitrogen and oxygen atoms in total. The Balaban J connectivity index is 0.000000330. The Bertz CT molecular complexity index is 1310. The number of nitrogens with zero attached hydrogens (tertiary/aromatic N) is 2. The lowest BCUT2D eigenvalue weighted by molar-refractivity contribution is -0.110. The van der Waals surface area contributed by atoms with Crippen LogP contribution in [-0.2, 0) is 11.8 Å². The van der Waals surface area contributed by atoms with Crippen LogP contribution in [0.25, 0.3) is 33.4 Å². The molecule has 0 aliphatic heterocycles. The van der Waals surface area contributed by atoms with Gasteiger partial charge in [0.2, 0.25) is 6.41 Å². The van der Waals surface area contributed by atoms with Gasteiger partial charge in [0.15, 0.2) is 0 Å².